The van der Waals surface area contributed by atoms with E-state index in [9.17, 15) is 4.79 Å². The number of nitrogens with one attached hydrogen (secondary N) is 1. The van der Waals surface area contributed by atoms with Crippen molar-refractivity contribution in [2.75, 3.05) is 6.54 Å². The minimum absolute atomic E-state index is 0.119. The van der Waals surface area contributed by atoms with Crippen LogP contribution in [0.25, 0.3) is 0 Å². The molecule has 0 aliphatic carbocycles. The summed E-state index contributed by atoms with van der Waals surface area (Å²) in [5.74, 6) is 2.24. The molecule has 0 atom stereocenters. The molecule has 1 amide bonds. The molecule has 0 radical (unpaired) electrons. The van der Waals surface area contributed by atoms with E-state index >= 15 is 0 Å². The maximum Gasteiger partial charge on any atom is 0.252 e. The number of amides is 1. The number of benzene rings is 1. The van der Waals surface area contributed by atoms with E-state index in [0.29, 0.717) is 5.56 Å². The van der Waals surface area contributed by atoms with Crippen LogP contribution in [0.15, 0.2) is 18.2 Å². The molecule has 0 aliphatic heterocycles. The largest absolute Gasteiger partial charge is 0.341 e. The van der Waals surface area contributed by atoms with Gasteiger partial charge in [0.2, 0.25) is 0 Å². The van der Waals surface area contributed by atoms with Crippen LogP contribution < -0.4 is 5.32 Å². The third kappa shape index (κ3) is 2.37. The van der Waals surface area contributed by atoms with E-state index in [0.717, 1.165) is 5.56 Å². The molecule has 0 heterocycles. The summed E-state index contributed by atoms with van der Waals surface area (Å²) < 4.78 is 0. The summed E-state index contributed by atoms with van der Waals surface area (Å²) in [7, 11) is 0. The molecule has 0 saturated carbocycles. The van der Waals surface area contributed by atoms with Gasteiger partial charge in [0, 0.05) is 5.56 Å². The predicted octanol–water partition coefficient (Wildman–Crippen LogP) is 1.67. The first-order valence-electron chi connectivity index (χ1n) is 4.44. The molecular formula is C12H13NO. The number of aryl methyl sites for hydroxylation is 2. The predicted molar refractivity (Wildman–Crippen MR) is 57.1 cm³/mol. The van der Waals surface area contributed by atoms with Gasteiger partial charge < -0.3 is 5.32 Å². The van der Waals surface area contributed by atoms with Crippen molar-refractivity contribution in [3.63, 3.8) is 0 Å². The summed E-state index contributed by atoms with van der Waals surface area (Å²) >= 11 is 0. The number of hydrogen-bond donors (Lipinski definition) is 1. The van der Waals surface area contributed by atoms with Crippen molar-refractivity contribution >= 4 is 5.91 Å². The number of carbonyl (C=O) groups is 1. The van der Waals surface area contributed by atoms with Gasteiger partial charge in [-0.25, -0.2) is 0 Å². The Labute approximate surface area is 84.3 Å². The SMILES string of the molecule is C#CCNC(=O)c1ccc(C)c(C)c1. The molecule has 2 nitrogen and oxygen atoms in total. The highest BCUT2D eigenvalue weighted by atomic mass is 16.1. The van der Waals surface area contributed by atoms with Crippen LogP contribution in [0.4, 0.5) is 0 Å². The second-order valence-electron chi connectivity index (χ2n) is 3.19. The highest BCUT2D eigenvalue weighted by Crippen LogP contribution is 2.09. The molecule has 1 aromatic rings. The van der Waals surface area contributed by atoms with Gasteiger partial charge in [-0.2, -0.15) is 0 Å². The second-order valence-corrected chi connectivity index (χ2v) is 3.19. The monoisotopic (exact) mass is 187 g/mol. The van der Waals surface area contributed by atoms with Crippen molar-refractivity contribution in [1.29, 1.82) is 0 Å². The van der Waals surface area contributed by atoms with Gasteiger partial charge in [-0.05, 0) is 37.1 Å². The normalized spacial score (nSPS) is 9.21. The summed E-state index contributed by atoms with van der Waals surface area (Å²) in [6.07, 6.45) is 5.04. The standard InChI is InChI=1S/C12H13NO/c1-4-7-13-12(14)11-6-5-9(2)10(3)8-11/h1,5-6,8H,7H2,2-3H3,(H,13,14). The number of hydrogen-bond acceptors (Lipinski definition) is 1. The Hall–Kier alpha value is -1.75. The van der Waals surface area contributed by atoms with Gasteiger partial charge in [-0.3, -0.25) is 4.79 Å². The van der Waals surface area contributed by atoms with Crippen LogP contribution in [0.5, 0.6) is 0 Å². The number of rotatable bonds is 2. The van der Waals surface area contributed by atoms with Crippen LogP contribution in [0.2, 0.25) is 0 Å². The van der Waals surface area contributed by atoms with Crippen LogP contribution in [-0.2, 0) is 0 Å². The average Bonchev–Trinajstić information content (AvgIpc) is 2.18. The molecule has 0 fully saturated rings. The van der Waals surface area contributed by atoms with Crippen LogP contribution >= 0.6 is 0 Å². The quantitative estimate of drug-likeness (QED) is 0.701. The van der Waals surface area contributed by atoms with Gasteiger partial charge in [-0.15, -0.1) is 6.42 Å². The van der Waals surface area contributed by atoms with Gasteiger partial charge in [0.1, 0.15) is 0 Å². The molecule has 0 aliphatic rings. The zero-order valence-electron chi connectivity index (χ0n) is 8.42. The highest BCUT2D eigenvalue weighted by Gasteiger charge is 2.04. The molecule has 0 bridgehead atoms. The van der Waals surface area contributed by atoms with Crippen LogP contribution in [0.3, 0.4) is 0 Å². The number of carbonyl (C=O) groups excluding carboxylic acids is 1. The molecule has 0 saturated heterocycles. The first kappa shape index (κ1) is 10.3. The fourth-order valence-corrected chi connectivity index (χ4v) is 1.12. The van der Waals surface area contributed by atoms with Gasteiger partial charge in [0.15, 0.2) is 0 Å². The lowest BCUT2D eigenvalue weighted by Crippen LogP contribution is -2.23. The van der Waals surface area contributed by atoms with E-state index in [4.69, 9.17) is 6.42 Å². The maximum absolute atomic E-state index is 11.5. The molecular weight excluding hydrogens is 174 g/mol. The van der Waals surface area contributed by atoms with E-state index in [-0.39, 0.29) is 12.5 Å². The lowest BCUT2D eigenvalue weighted by Gasteiger charge is -2.04. The summed E-state index contributed by atoms with van der Waals surface area (Å²) in [4.78, 5) is 11.5. The third-order valence-electron chi connectivity index (χ3n) is 2.12. The molecule has 0 unspecified atom stereocenters. The van der Waals surface area contributed by atoms with Crippen molar-refractivity contribution in [3.05, 3.63) is 34.9 Å². The maximum atomic E-state index is 11.5. The lowest BCUT2D eigenvalue weighted by atomic mass is 10.1. The van der Waals surface area contributed by atoms with Gasteiger partial charge in [-0.1, -0.05) is 12.0 Å². The fraction of sp³-hybridized carbons (Fsp3) is 0.250. The summed E-state index contributed by atoms with van der Waals surface area (Å²) in [6.45, 7) is 4.26. The summed E-state index contributed by atoms with van der Waals surface area (Å²) in [6, 6.07) is 5.59. The molecule has 14 heavy (non-hydrogen) atoms. The number of terminal acetylenes is 1. The Morgan fingerprint density at radius 1 is 1.43 bits per heavy atom. The first-order chi connectivity index (χ1) is 6.65. The third-order valence-corrected chi connectivity index (χ3v) is 2.12. The van der Waals surface area contributed by atoms with E-state index < -0.39 is 0 Å². The average molecular weight is 187 g/mol. The van der Waals surface area contributed by atoms with Crippen molar-refractivity contribution in [2.24, 2.45) is 0 Å². The highest BCUT2D eigenvalue weighted by molar-refractivity contribution is 5.94. The molecule has 72 valence electrons. The topological polar surface area (TPSA) is 29.1 Å². The lowest BCUT2D eigenvalue weighted by molar-refractivity contribution is 0.0958. The molecule has 0 aromatic heterocycles. The van der Waals surface area contributed by atoms with Crippen molar-refractivity contribution < 1.29 is 4.79 Å². The van der Waals surface area contributed by atoms with Crippen molar-refractivity contribution in [2.45, 2.75) is 13.8 Å². The first-order valence-corrected chi connectivity index (χ1v) is 4.44. The Kier molecular flexibility index (Phi) is 3.30. The van der Waals surface area contributed by atoms with Gasteiger partial charge >= 0.3 is 0 Å². The Morgan fingerprint density at radius 3 is 2.71 bits per heavy atom. The van der Waals surface area contributed by atoms with E-state index in [1.54, 1.807) is 6.07 Å². The zero-order valence-corrected chi connectivity index (χ0v) is 8.42. The van der Waals surface area contributed by atoms with E-state index in [2.05, 4.69) is 11.2 Å². The molecule has 2 heteroatoms. The molecule has 1 aromatic carbocycles. The van der Waals surface area contributed by atoms with Gasteiger partial charge in [0.25, 0.3) is 5.91 Å². The fourth-order valence-electron chi connectivity index (χ4n) is 1.12. The van der Waals surface area contributed by atoms with Gasteiger partial charge in [0.05, 0.1) is 6.54 Å². The van der Waals surface area contributed by atoms with E-state index in [1.165, 1.54) is 5.56 Å². The summed E-state index contributed by atoms with van der Waals surface area (Å²) in [5.41, 5.74) is 2.94. The minimum atomic E-state index is -0.119. The van der Waals surface area contributed by atoms with Crippen molar-refractivity contribution in [3.8, 4) is 12.3 Å². The molecule has 0 spiro atoms. The Morgan fingerprint density at radius 2 is 2.14 bits per heavy atom. The molecule has 1 rings (SSSR count). The Balaban J connectivity index is 2.82. The minimum Gasteiger partial charge on any atom is -0.341 e. The second kappa shape index (κ2) is 4.48. The van der Waals surface area contributed by atoms with E-state index in [1.807, 2.05) is 26.0 Å². The Bertz CT molecular complexity index is 388. The smallest absolute Gasteiger partial charge is 0.252 e. The van der Waals surface area contributed by atoms with Crippen LogP contribution in [0, 0.1) is 26.2 Å². The van der Waals surface area contributed by atoms with Crippen molar-refractivity contribution in [1.82, 2.24) is 5.32 Å². The zero-order chi connectivity index (χ0) is 10.6. The summed E-state index contributed by atoms with van der Waals surface area (Å²) in [5, 5.41) is 2.62. The molecule has 1 N–H and O–H groups in total. The van der Waals surface area contributed by atoms with Crippen LogP contribution in [0.1, 0.15) is 21.5 Å². The van der Waals surface area contributed by atoms with Crippen LogP contribution in [-0.4, -0.2) is 12.5 Å².